The van der Waals surface area contributed by atoms with E-state index < -0.39 is 0 Å². The third kappa shape index (κ3) is 2.68. The zero-order valence-corrected chi connectivity index (χ0v) is 11.0. The molecule has 3 aliphatic rings. The summed E-state index contributed by atoms with van der Waals surface area (Å²) in [4.78, 5) is 0. The lowest BCUT2D eigenvalue weighted by Gasteiger charge is -2.41. The molecule has 0 aromatic heterocycles. The molecule has 1 N–H and O–H groups in total. The molecule has 0 amide bonds. The van der Waals surface area contributed by atoms with Crippen LogP contribution in [0.3, 0.4) is 0 Å². The van der Waals surface area contributed by atoms with Gasteiger partial charge in [-0.1, -0.05) is 25.7 Å². The number of hydrogen-bond acceptors (Lipinski definition) is 2. The fourth-order valence-corrected chi connectivity index (χ4v) is 4.23. The highest BCUT2D eigenvalue weighted by atomic mass is 16.5. The standard InChI is InChI=1S/C15H27NO/c1-2-6-14(16-10-5-1)13-7-11-17-15(12-13)8-3-4-9-15/h13-14,16H,1-12H2. The van der Waals surface area contributed by atoms with Crippen LogP contribution in [0.4, 0.5) is 0 Å². The molecule has 2 unspecified atom stereocenters. The molecule has 2 heteroatoms. The van der Waals surface area contributed by atoms with Crippen molar-refractivity contribution in [1.29, 1.82) is 0 Å². The summed E-state index contributed by atoms with van der Waals surface area (Å²) < 4.78 is 6.15. The highest BCUT2D eigenvalue weighted by molar-refractivity contribution is 4.94. The van der Waals surface area contributed by atoms with E-state index in [1.165, 1.54) is 70.8 Å². The van der Waals surface area contributed by atoms with E-state index in [1.54, 1.807) is 0 Å². The van der Waals surface area contributed by atoms with Gasteiger partial charge in [-0.25, -0.2) is 0 Å². The molecular weight excluding hydrogens is 210 g/mol. The molecule has 1 saturated carbocycles. The topological polar surface area (TPSA) is 21.3 Å². The Bertz CT molecular complexity index is 239. The van der Waals surface area contributed by atoms with Crippen molar-refractivity contribution < 1.29 is 4.74 Å². The Morgan fingerprint density at radius 2 is 1.82 bits per heavy atom. The lowest BCUT2D eigenvalue weighted by Crippen LogP contribution is -2.45. The van der Waals surface area contributed by atoms with E-state index in [1.807, 2.05) is 0 Å². The van der Waals surface area contributed by atoms with E-state index in [0.717, 1.165) is 18.6 Å². The molecule has 3 fully saturated rings. The van der Waals surface area contributed by atoms with Crippen molar-refractivity contribution in [1.82, 2.24) is 5.32 Å². The first-order chi connectivity index (χ1) is 8.38. The molecule has 2 atom stereocenters. The minimum atomic E-state index is 0.302. The second kappa shape index (κ2) is 5.27. The van der Waals surface area contributed by atoms with Gasteiger partial charge in [0.05, 0.1) is 5.60 Å². The van der Waals surface area contributed by atoms with E-state index in [4.69, 9.17) is 4.74 Å². The summed E-state index contributed by atoms with van der Waals surface area (Å²) in [6.07, 6.45) is 13.7. The van der Waals surface area contributed by atoms with Crippen LogP contribution in [-0.4, -0.2) is 24.8 Å². The maximum atomic E-state index is 6.15. The third-order valence-corrected chi connectivity index (χ3v) is 5.21. The van der Waals surface area contributed by atoms with E-state index in [2.05, 4.69) is 5.32 Å². The maximum absolute atomic E-state index is 6.15. The summed E-state index contributed by atoms with van der Waals surface area (Å²) in [5, 5.41) is 3.80. The maximum Gasteiger partial charge on any atom is 0.0685 e. The molecule has 0 aromatic rings. The number of hydrogen-bond donors (Lipinski definition) is 1. The molecule has 0 bridgehead atoms. The summed E-state index contributed by atoms with van der Waals surface area (Å²) in [6.45, 7) is 2.26. The van der Waals surface area contributed by atoms with Crippen LogP contribution in [0, 0.1) is 5.92 Å². The van der Waals surface area contributed by atoms with Crippen LogP contribution >= 0.6 is 0 Å². The van der Waals surface area contributed by atoms with Crippen LogP contribution < -0.4 is 5.32 Å². The Labute approximate surface area is 105 Å². The summed E-state index contributed by atoms with van der Waals surface area (Å²) >= 11 is 0. The summed E-state index contributed by atoms with van der Waals surface area (Å²) in [7, 11) is 0. The van der Waals surface area contributed by atoms with Gasteiger partial charge in [0, 0.05) is 12.6 Å². The van der Waals surface area contributed by atoms with Crippen molar-refractivity contribution in [3.63, 3.8) is 0 Å². The molecule has 2 nitrogen and oxygen atoms in total. The highest BCUT2D eigenvalue weighted by Gasteiger charge is 2.41. The first kappa shape index (κ1) is 12.0. The van der Waals surface area contributed by atoms with E-state index in [0.29, 0.717) is 5.60 Å². The molecule has 1 spiro atoms. The first-order valence-corrected chi connectivity index (χ1v) is 7.75. The van der Waals surface area contributed by atoms with Gasteiger partial charge < -0.3 is 10.1 Å². The molecule has 2 aliphatic heterocycles. The van der Waals surface area contributed by atoms with E-state index in [9.17, 15) is 0 Å². The van der Waals surface area contributed by atoms with Gasteiger partial charge in [-0.05, 0) is 51.0 Å². The van der Waals surface area contributed by atoms with E-state index in [-0.39, 0.29) is 0 Å². The molecular formula is C15H27NO. The smallest absolute Gasteiger partial charge is 0.0685 e. The van der Waals surface area contributed by atoms with E-state index >= 15 is 0 Å². The van der Waals surface area contributed by atoms with Crippen molar-refractivity contribution in [3.05, 3.63) is 0 Å². The molecule has 17 heavy (non-hydrogen) atoms. The average Bonchev–Trinajstić information content (AvgIpc) is 2.66. The molecule has 2 saturated heterocycles. The average molecular weight is 237 g/mol. The van der Waals surface area contributed by atoms with Crippen molar-refractivity contribution in [3.8, 4) is 0 Å². The minimum Gasteiger partial charge on any atom is -0.375 e. The molecule has 3 rings (SSSR count). The van der Waals surface area contributed by atoms with Gasteiger partial charge in [-0.3, -0.25) is 0 Å². The van der Waals surface area contributed by atoms with Crippen LogP contribution in [-0.2, 0) is 4.74 Å². The Kier molecular flexibility index (Phi) is 3.72. The monoisotopic (exact) mass is 237 g/mol. The van der Waals surface area contributed by atoms with Gasteiger partial charge in [0.2, 0.25) is 0 Å². The van der Waals surface area contributed by atoms with Crippen LogP contribution in [0.5, 0.6) is 0 Å². The largest absolute Gasteiger partial charge is 0.375 e. The van der Waals surface area contributed by atoms with Gasteiger partial charge in [0.15, 0.2) is 0 Å². The van der Waals surface area contributed by atoms with Crippen LogP contribution in [0.2, 0.25) is 0 Å². The van der Waals surface area contributed by atoms with Crippen molar-refractivity contribution >= 4 is 0 Å². The summed E-state index contributed by atoms with van der Waals surface area (Å²) in [5.41, 5.74) is 0.302. The van der Waals surface area contributed by atoms with Crippen molar-refractivity contribution in [2.45, 2.75) is 75.9 Å². The summed E-state index contributed by atoms with van der Waals surface area (Å²) in [6, 6.07) is 0.791. The number of ether oxygens (including phenoxy) is 1. The normalized spacial score (nSPS) is 38.1. The Morgan fingerprint density at radius 1 is 0.941 bits per heavy atom. The fraction of sp³-hybridized carbons (Fsp3) is 1.00. The van der Waals surface area contributed by atoms with Crippen LogP contribution in [0.25, 0.3) is 0 Å². The zero-order chi connectivity index (χ0) is 11.6. The predicted octanol–water partition coefficient (Wildman–Crippen LogP) is 3.26. The molecule has 0 radical (unpaired) electrons. The number of nitrogens with one attached hydrogen (secondary N) is 1. The van der Waals surface area contributed by atoms with Gasteiger partial charge in [0.1, 0.15) is 0 Å². The Balaban J connectivity index is 1.62. The molecule has 0 aromatic carbocycles. The third-order valence-electron chi connectivity index (χ3n) is 5.21. The summed E-state index contributed by atoms with van der Waals surface area (Å²) in [5.74, 6) is 0.889. The fourth-order valence-electron chi connectivity index (χ4n) is 4.23. The minimum absolute atomic E-state index is 0.302. The van der Waals surface area contributed by atoms with Gasteiger partial charge >= 0.3 is 0 Å². The Hall–Kier alpha value is -0.0800. The Morgan fingerprint density at radius 3 is 2.71 bits per heavy atom. The predicted molar refractivity (Wildman–Crippen MR) is 70.1 cm³/mol. The number of rotatable bonds is 1. The lowest BCUT2D eigenvalue weighted by atomic mass is 9.79. The second-order valence-electron chi connectivity index (χ2n) is 6.40. The molecule has 1 aliphatic carbocycles. The lowest BCUT2D eigenvalue weighted by molar-refractivity contribution is -0.0980. The quantitative estimate of drug-likeness (QED) is 0.756. The van der Waals surface area contributed by atoms with Gasteiger partial charge in [-0.15, -0.1) is 0 Å². The molecule has 2 heterocycles. The molecule has 98 valence electrons. The zero-order valence-electron chi connectivity index (χ0n) is 11.0. The van der Waals surface area contributed by atoms with Crippen LogP contribution in [0.15, 0.2) is 0 Å². The van der Waals surface area contributed by atoms with Gasteiger partial charge in [-0.2, -0.15) is 0 Å². The first-order valence-electron chi connectivity index (χ1n) is 7.75. The van der Waals surface area contributed by atoms with Crippen LogP contribution in [0.1, 0.15) is 64.2 Å². The van der Waals surface area contributed by atoms with Crippen molar-refractivity contribution in [2.75, 3.05) is 13.2 Å². The second-order valence-corrected chi connectivity index (χ2v) is 6.40. The highest BCUT2D eigenvalue weighted by Crippen LogP contribution is 2.43. The van der Waals surface area contributed by atoms with Gasteiger partial charge in [0.25, 0.3) is 0 Å². The SMILES string of the molecule is C1CCNC(C2CCOC3(CCCC3)C2)CC1. The van der Waals surface area contributed by atoms with Crippen molar-refractivity contribution in [2.24, 2.45) is 5.92 Å².